The summed E-state index contributed by atoms with van der Waals surface area (Å²) in [6, 6.07) is 0. The fourth-order valence-electron chi connectivity index (χ4n) is 0.256. The summed E-state index contributed by atoms with van der Waals surface area (Å²) in [6.45, 7) is 6.53. The molecule has 0 heterocycles. The zero-order chi connectivity index (χ0) is 7.49. The zero-order valence-electron chi connectivity index (χ0n) is 5.51. The summed E-state index contributed by atoms with van der Waals surface area (Å²) < 4.78 is 4.27. The van der Waals surface area contributed by atoms with E-state index < -0.39 is 11.8 Å². The summed E-state index contributed by atoms with van der Waals surface area (Å²) in [7, 11) is 0. The third kappa shape index (κ3) is 3.58. The molecule has 0 atom stereocenters. The van der Waals surface area contributed by atoms with E-state index in [1.807, 2.05) is 0 Å². The number of hydrogen-bond donors (Lipinski definition) is 0. The van der Waals surface area contributed by atoms with Gasteiger partial charge in [-0.15, -0.1) is 6.58 Å². The fraction of sp³-hybridized carbons (Fsp3) is 0.500. The van der Waals surface area contributed by atoms with E-state index in [4.69, 9.17) is 0 Å². The maximum absolute atomic E-state index is 9.79. The van der Waals surface area contributed by atoms with Crippen LogP contribution in [0.4, 0.5) is 4.79 Å². The van der Waals surface area contributed by atoms with Crippen molar-refractivity contribution in [1.29, 1.82) is 0 Å². The standard InChI is InChI=1S/C6H10O3/c1-4-6(2,3)9-5(7)8/h4H,1H2,2-3H3,(H,7,8)/p-1. The molecular weight excluding hydrogens is 120 g/mol. The lowest BCUT2D eigenvalue weighted by Crippen LogP contribution is -2.33. The van der Waals surface area contributed by atoms with Gasteiger partial charge in [0.1, 0.15) is 0 Å². The molecule has 0 saturated heterocycles. The third-order valence-corrected chi connectivity index (χ3v) is 0.838. The monoisotopic (exact) mass is 129 g/mol. The minimum absolute atomic E-state index is 0.834. The third-order valence-electron chi connectivity index (χ3n) is 0.838. The van der Waals surface area contributed by atoms with Crippen molar-refractivity contribution in [1.82, 2.24) is 0 Å². The first-order valence-electron chi connectivity index (χ1n) is 2.51. The molecule has 0 radical (unpaired) electrons. The second-order valence-corrected chi connectivity index (χ2v) is 2.16. The van der Waals surface area contributed by atoms with Crippen LogP contribution in [0, 0.1) is 0 Å². The highest BCUT2D eigenvalue weighted by Gasteiger charge is 2.08. The first-order chi connectivity index (χ1) is 3.98. The van der Waals surface area contributed by atoms with Crippen molar-refractivity contribution in [3.8, 4) is 0 Å². The number of rotatable bonds is 2. The predicted octanol–water partition coefficient (Wildman–Crippen LogP) is 0.311. The summed E-state index contributed by atoms with van der Waals surface area (Å²) in [5.74, 6) is 0. The van der Waals surface area contributed by atoms with E-state index in [2.05, 4.69) is 11.3 Å². The lowest BCUT2D eigenvalue weighted by atomic mass is 10.1. The number of carbonyl (C=O) groups is 1. The average Bonchev–Trinajstić information content (AvgIpc) is 1.63. The van der Waals surface area contributed by atoms with Crippen LogP contribution in [0.5, 0.6) is 0 Å². The Balaban J connectivity index is 3.86. The Hall–Kier alpha value is -0.990. The molecule has 3 nitrogen and oxygen atoms in total. The first-order valence-corrected chi connectivity index (χ1v) is 2.51. The smallest absolute Gasteiger partial charge is 0.252 e. The molecule has 0 fully saturated rings. The van der Waals surface area contributed by atoms with Gasteiger partial charge < -0.3 is 14.6 Å². The van der Waals surface area contributed by atoms with E-state index >= 15 is 0 Å². The first kappa shape index (κ1) is 8.01. The van der Waals surface area contributed by atoms with Crippen LogP contribution in [0.15, 0.2) is 12.7 Å². The van der Waals surface area contributed by atoms with Gasteiger partial charge in [-0.1, -0.05) is 6.08 Å². The molecule has 0 saturated carbocycles. The average molecular weight is 129 g/mol. The van der Waals surface area contributed by atoms with E-state index in [1.54, 1.807) is 13.8 Å². The molecule has 0 N–H and O–H groups in total. The Morgan fingerprint density at radius 2 is 2.22 bits per heavy atom. The van der Waals surface area contributed by atoms with Crippen LogP contribution in [-0.4, -0.2) is 11.8 Å². The van der Waals surface area contributed by atoms with Crippen molar-refractivity contribution in [2.45, 2.75) is 19.4 Å². The summed E-state index contributed by atoms with van der Waals surface area (Å²) in [5, 5.41) is 9.79. The largest absolute Gasteiger partial charge is 0.540 e. The van der Waals surface area contributed by atoms with Crippen molar-refractivity contribution in [3.63, 3.8) is 0 Å². The summed E-state index contributed by atoms with van der Waals surface area (Å²) >= 11 is 0. The maximum atomic E-state index is 9.79. The van der Waals surface area contributed by atoms with Crippen LogP contribution in [0.25, 0.3) is 0 Å². The number of ether oxygens (including phenoxy) is 1. The van der Waals surface area contributed by atoms with Gasteiger partial charge in [0, 0.05) is 0 Å². The van der Waals surface area contributed by atoms with Gasteiger partial charge in [-0.3, -0.25) is 0 Å². The van der Waals surface area contributed by atoms with Gasteiger partial charge in [0.05, 0.1) is 5.60 Å². The topological polar surface area (TPSA) is 49.4 Å². The minimum atomic E-state index is -1.53. The second-order valence-electron chi connectivity index (χ2n) is 2.16. The predicted molar refractivity (Wildman–Crippen MR) is 30.8 cm³/mol. The van der Waals surface area contributed by atoms with Gasteiger partial charge in [0.25, 0.3) is 6.16 Å². The molecule has 0 unspecified atom stereocenters. The molecule has 52 valence electrons. The molecule has 0 aromatic carbocycles. The lowest BCUT2D eigenvalue weighted by molar-refractivity contribution is -0.290. The Labute approximate surface area is 53.9 Å². The van der Waals surface area contributed by atoms with Crippen LogP contribution in [0.1, 0.15) is 13.8 Å². The van der Waals surface area contributed by atoms with Gasteiger partial charge in [0.15, 0.2) is 0 Å². The van der Waals surface area contributed by atoms with Gasteiger partial charge >= 0.3 is 0 Å². The van der Waals surface area contributed by atoms with Crippen LogP contribution >= 0.6 is 0 Å². The molecule has 0 aromatic heterocycles. The quantitative estimate of drug-likeness (QED) is 0.398. The van der Waals surface area contributed by atoms with Crippen LogP contribution < -0.4 is 5.11 Å². The van der Waals surface area contributed by atoms with Crippen molar-refractivity contribution in [2.24, 2.45) is 0 Å². The van der Waals surface area contributed by atoms with Crippen molar-refractivity contribution in [3.05, 3.63) is 12.7 Å². The van der Waals surface area contributed by atoms with Crippen LogP contribution in [-0.2, 0) is 4.74 Å². The molecule has 0 aromatic rings. The zero-order valence-corrected chi connectivity index (χ0v) is 5.51. The molecule has 0 aliphatic heterocycles. The molecule has 0 bridgehead atoms. The van der Waals surface area contributed by atoms with Crippen molar-refractivity contribution < 1.29 is 14.6 Å². The molecule has 3 heteroatoms. The van der Waals surface area contributed by atoms with E-state index in [0.29, 0.717) is 0 Å². The van der Waals surface area contributed by atoms with Crippen molar-refractivity contribution >= 4 is 6.16 Å². The minimum Gasteiger partial charge on any atom is -0.540 e. The summed E-state index contributed by atoms with van der Waals surface area (Å²) in [5.41, 5.74) is -0.834. The maximum Gasteiger partial charge on any atom is 0.252 e. The molecular formula is C6H9O3-. The van der Waals surface area contributed by atoms with Crippen LogP contribution in [0.2, 0.25) is 0 Å². The van der Waals surface area contributed by atoms with Gasteiger partial charge in [-0.25, -0.2) is 0 Å². The lowest BCUT2D eigenvalue weighted by Gasteiger charge is -2.25. The van der Waals surface area contributed by atoms with Crippen molar-refractivity contribution in [2.75, 3.05) is 0 Å². The van der Waals surface area contributed by atoms with E-state index in [-0.39, 0.29) is 0 Å². The fourth-order valence-corrected chi connectivity index (χ4v) is 0.256. The number of carboxylic acid groups (broad SMARTS) is 1. The van der Waals surface area contributed by atoms with Gasteiger partial charge in [0.2, 0.25) is 0 Å². The summed E-state index contributed by atoms with van der Waals surface area (Å²) in [6.07, 6.45) is -0.136. The molecule has 0 rings (SSSR count). The van der Waals surface area contributed by atoms with E-state index in [1.165, 1.54) is 6.08 Å². The normalized spacial score (nSPS) is 10.4. The van der Waals surface area contributed by atoms with Gasteiger partial charge in [-0.2, -0.15) is 0 Å². The molecule has 0 spiro atoms. The molecule has 0 aliphatic carbocycles. The highest BCUT2D eigenvalue weighted by molar-refractivity contribution is 5.55. The highest BCUT2D eigenvalue weighted by atomic mass is 16.7. The molecule has 0 aliphatic rings. The summed E-state index contributed by atoms with van der Waals surface area (Å²) in [4.78, 5) is 9.79. The second kappa shape index (κ2) is 2.53. The Morgan fingerprint density at radius 1 is 1.78 bits per heavy atom. The van der Waals surface area contributed by atoms with E-state index in [9.17, 15) is 9.90 Å². The Morgan fingerprint density at radius 3 is 2.33 bits per heavy atom. The Kier molecular flexibility index (Phi) is 2.25. The highest BCUT2D eigenvalue weighted by Crippen LogP contribution is 2.08. The number of carbonyl (C=O) groups excluding carboxylic acids is 1. The molecule has 0 amide bonds. The SMILES string of the molecule is C=CC(C)(C)OC(=O)[O-]. The van der Waals surface area contributed by atoms with Gasteiger partial charge in [-0.05, 0) is 13.8 Å². The number of hydrogen-bond acceptors (Lipinski definition) is 3. The van der Waals surface area contributed by atoms with E-state index in [0.717, 1.165) is 0 Å². The molecule has 9 heavy (non-hydrogen) atoms. The Bertz CT molecular complexity index is 126. The van der Waals surface area contributed by atoms with Crippen LogP contribution in [0.3, 0.4) is 0 Å².